The van der Waals surface area contributed by atoms with Crippen molar-refractivity contribution < 1.29 is 19.1 Å². The molecular weight excluding hydrogens is 212 g/mol. The van der Waals surface area contributed by atoms with Gasteiger partial charge >= 0.3 is 12.2 Å². The molecule has 0 fully saturated rings. The van der Waals surface area contributed by atoms with Gasteiger partial charge in [-0.2, -0.15) is 0 Å². The molecule has 0 aliphatic heterocycles. The van der Waals surface area contributed by atoms with Gasteiger partial charge in [0.25, 0.3) is 0 Å². The second-order valence-corrected chi connectivity index (χ2v) is 3.06. The van der Waals surface area contributed by atoms with E-state index in [0.29, 0.717) is 6.42 Å². The summed E-state index contributed by atoms with van der Waals surface area (Å²) in [5, 5.41) is 1.09. The van der Waals surface area contributed by atoms with Crippen LogP contribution in [0.2, 0.25) is 0 Å². The number of methoxy groups -OCH3 is 2. The van der Waals surface area contributed by atoms with Gasteiger partial charge < -0.3 is 9.47 Å². The first-order valence-corrected chi connectivity index (χ1v) is 4.74. The monoisotopic (exact) mass is 226 g/mol. The molecule has 1 unspecified atom stereocenters. The molecule has 0 aromatic heterocycles. The summed E-state index contributed by atoms with van der Waals surface area (Å²) in [7, 11) is 2.47. The van der Waals surface area contributed by atoms with Gasteiger partial charge in [-0.1, -0.05) is 24.3 Å². The third-order valence-electron chi connectivity index (χ3n) is 2.06. The molecule has 88 valence electrons. The van der Waals surface area contributed by atoms with E-state index >= 15 is 0 Å². The molecule has 1 rings (SSSR count). The van der Waals surface area contributed by atoms with Crippen LogP contribution in [0.5, 0.6) is 0 Å². The van der Waals surface area contributed by atoms with Crippen LogP contribution in [0.25, 0.3) is 0 Å². The zero-order valence-electron chi connectivity index (χ0n) is 9.17. The minimum Gasteiger partial charge on any atom is -0.452 e. The Bertz CT molecular complexity index is 325. The molecule has 16 heavy (non-hydrogen) atoms. The Morgan fingerprint density at radius 1 is 1.31 bits per heavy atom. The van der Waals surface area contributed by atoms with E-state index in [-0.39, 0.29) is 6.04 Å². The summed E-state index contributed by atoms with van der Waals surface area (Å²) in [5.41, 5.74) is 2.30. The van der Waals surface area contributed by atoms with E-state index in [1.165, 1.54) is 14.2 Å². The van der Waals surface area contributed by atoms with E-state index in [0.717, 1.165) is 5.01 Å². The third kappa shape index (κ3) is 3.01. The minimum absolute atomic E-state index is 0.267. The SMILES string of the molecule is COC(=O)NN(C(=O)OC)C1C=CC=CC1. The van der Waals surface area contributed by atoms with Crippen molar-refractivity contribution in [2.45, 2.75) is 12.5 Å². The van der Waals surface area contributed by atoms with Crippen molar-refractivity contribution in [2.75, 3.05) is 14.2 Å². The number of ether oxygens (including phenoxy) is 2. The van der Waals surface area contributed by atoms with Gasteiger partial charge in [-0.3, -0.25) is 0 Å². The fourth-order valence-electron chi connectivity index (χ4n) is 1.27. The lowest BCUT2D eigenvalue weighted by atomic mass is 10.1. The van der Waals surface area contributed by atoms with Gasteiger partial charge in [-0.05, 0) is 6.42 Å². The molecule has 0 aromatic carbocycles. The summed E-state index contributed by atoms with van der Waals surface area (Å²) in [4.78, 5) is 22.5. The van der Waals surface area contributed by atoms with Crippen molar-refractivity contribution in [1.29, 1.82) is 0 Å². The second kappa shape index (κ2) is 5.79. The smallest absolute Gasteiger partial charge is 0.429 e. The maximum absolute atomic E-state index is 11.4. The van der Waals surface area contributed by atoms with Crippen LogP contribution in [0.15, 0.2) is 24.3 Å². The quantitative estimate of drug-likeness (QED) is 0.682. The molecule has 0 saturated carbocycles. The number of hydrogen-bond donors (Lipinski definition) is 1. The molecule has 0 radical (unpaired) electrons. The molecule has 1 aliphatic carbocycles. The summed E-state index contributed by atoms with van der Waals surface area (Å²) >= 11 is 0. The van der Waals surface area contributed by atoms with E-state index < -0.39 is 12.2 Å². The van der Waals surface area contributed by atoms with Crippen LogP contribution < -0.4 is 5.43 Å². The third-order valence-corrected chi connectivity index (χ3v) is 2.06. The Morgan fingerprint density at radius 3 is 2.56 bits per heavy atom. The van der Waals surface area contributed by atoms with Crippen molar-refractivity contribution in [1.82, 2.24) is 10.4 Å². The fraction of sp³-hybridized carbons (Fsp3) is 0.400. The van der Waals surface area contributed by atoms with E-state index in [4.69, 9.17) is 0 Å². The number of amides is 2. The standard InChI is InChI=1S/C10H14N2O4/c1-15-9(13)11-12(10(14)16-2)8-6-4-3-5-7-8/h3-6,8H,7H2,1-2H3,(H,11,13). The number of nitrogens with one attached hydrogen (secondary N) is 1. The van der Waals surface area contributed by atoms with Crippen LogP contribution in [0, 0.1) is 0 Å². The molecular formula is C10H14N2O4. The van der Waals surface area contributed by atoms with Crippen molar-refractivity contribution in [2.24, 2.45) is 0 Å². The molecule has 6 nitrogen and oxygen atoms in total. The molecule has 1 N–H and O–H groups in total. The van der Waals surface area contributed by atoms with Gasteiger partial charge in [0.1, 0.15) is 0 Å². The highest BCUT2D eigenvalue weighted by molar-refractivity contribution is 5.74. The zero-order valence-corrected chi connectivity index (χ0v) is 9.17. The summed E-state index contributed by atoms with van der Waals surface area (Å²) in [6.07, 6.45) is 6.58. The zero-order chi connectivity index (χ0) is 12.0. The van der Waals surface area contributed by atoms with E-state index in [1.54, 1.807) is 12.2 Å². The Balaban J connectivity index is 2.70. The van der Waals surface area contributed by atoms with Gasteiger partial charge in [0.15, 0.2) is 0 Å². The van der Waals surface area contributed by atoms with Gasteiger partial charge in [0, 0.05) is 0 Å². The normalized spacial score (nSPS) is 17.8. The van der Waals surface area contributed by atoms with Crippen LogP contribution in [0.1, 0.15) is 6.42 Å². The highest BCUT2D eigenvalue weighted by Gasteiger charge is 2.24. The predicted molar refractivity (Wildman–Crippen MR) is 56.5 cm³/mol. The lowest BCUT2D eigenvalue weighted by Crippen LogP contribution is -2.51. The molecule has 2 amide bonds. The van der Waals surface area contributed by atoms with Crippen molar-refractivity contribution in [3.8, 4) is 0 Å². The number of carbonyl (C=O) groups is 2. The van der Waals surface area contributed by atoms with Gasteiger partial charge in [0.2, 0.25) is 0 Å². The maximum atomic E-state index is 11.4. The Hall–Kier alpha value is -1.98. The van der Waals surface area contributed by atoms with E-state index in [2.05, 4.69) is 14.9 Å². The number of allylic oxidation sites excluding steroid dienone is 2. The molecule has 0 bridgehead atoms. The molecule has 0 heterocycles. The number of hydrazine groups is 1. The lowest BCUT2D eigenvalue weighted by molar-refractivity contribution is 0.0778. The number of nitrogens with zero attached hydrogens (tertiary/aromatic N) is 1. The largest absolute Gasteiger partial charge is 0.452 e. The van der Waals surface area contributed by atoms with Crippen LogP contribution in [-0.4, -0.2) is 37.5 Å². The topological polar surface area (TPSA) is 67.9 Å². The molecule has 1 atom stereocenters. The highest BCUT2D eigenvalue weighted by atomic mass is 16.6. The summed E-state index contributed by atoms with van der Waals surface area (Å²) in [5.74, 6) is 0. The molecule has 6 heteroatoms. The summed E-state index contributed by atoms with van der Waals surface area (Å²) in [6, 6.07) is -0.267. The molecule has 0 aromatic rings. The molecule has 1 aliphatic rings. The number of hydrogen-bond acceptors (Lipinski definition) is 4. The lowest BCUT2D eigenvalue weighted by Gasteiger charge is -2.28. The van der Waals surface area contributed by atoms with Crippen molar-refractivity contribution >= 4 is 12.2 Å². The van der Waals surface area contributed by atoms with Gasteiger partial charge in [-0.15, -0.1) is 0 Å². The van der Waals surface area contributed by atoms with Crippen LogP contribution >= 0.6 is 0 Å². The highest BCUT2D eigenvalue weighted by Crippen LogP contribution is 2.10. The van der Waals surface area contributed by atoms with Crippen molar-refractivity contribution in [3.63, 3.8) is 0 Å². The first kappa shape index (κ1) is 12.1. The van der Waals surface area contributed by atoms with Crippen molar-refractivity contribution in [3.05, 3.63) is 24.3 Å². The Labute approximate surface area is 93.5 Å². The Morgan fingerprint density at radius 2 is 2.06 bits per heavy atom. The Kier molecular flexibility index (Phi) is 4.38. The van der Waals surface area contributed by atoms with E-state index in [9.17, 15) is 9.59 Å². The minimum atomic E-state index is -0.714. The average molecular weight is 226 g/mol. The predicted octanol–water partition coefficient (Wildman–Crippen LogP) is 1.21. The van der Waals surface area contributed by atoms with Crippen LogP contribution in [-0.2, 0) is 9.47 Å². The van der Waals surface area contributed by atoms with Crippen LogP contribution in [0.4, 0.5) is 9.59 Å². The van der Waals surface area contributed by atoms with Gasteiger partial charge in [0.05, 0.1) is 20.3 Å². The average Bonchev–Trinajstić information content (AvgIpc) is 2.35. The van der Waals surface area contributed by atoms with Gasteiger partial charge in [-0.25, -0.2) is 20.0 Å². The maximum Gasteiger partial charge on any atom is 0.429 e. The second-order valence-electron chi connectivity index (χ2n) is 3.06. The first-order valence-electron chi connectivity index (χ1n) is 4.74. The summed E-state index contributed by atoms with van der Waals surface area (Å²) < 4.78 is 8.99. The van der Waals surface area contributed by atoms with Crippen LogP contribution in [0.3, 0.4) is 0 Å². The first-order chi connectivity index (χ1) is 7.69. The number of rotatable bonds is 1. The fourth-order valence-corrected chi connectivity index (χ4v) is 1.27. The number of carbonyl (C=O) groups excluding carboxylic acids is 2. The summed E-state index contributed by atoms with van der Waals surface area (Å²) in [6.45, 7) is 0. The molecule has 0 spiro atoms. The molecule has 0 saturated heterocycles. The van der Waals surface area contributed by atoms with E-state index in [1.807, 2.05) is 12.2 Å².